The van der Waals surface area contributed by atoms with Gasteiger partial charge in [-0.1, -0.05) is 18.2 Å². The van der Waals surface area contributed by atoms with Crippen LogP contribution in [0, 0.1) is 5.92 Å². The van der Waals surface area contributed by atoms with Crippen molar-refractivity contribution in [2.75, 3.05) is 28.4 Å². The van der Waals surface area contributed by atoms with Gasteiger partial charge in [-0.2, -0.15) is 0 Å². The fraction of sp³-hybridized carbons (Fsp3) is 0.429. The summed E-state index contributed by atoms with van der Waals surface area (Å²) in [4.78, 5) is 0. The van der Waals surface area contributed by atoms with Gasteiger partial charge in [-0.05, 0) is 42.5 Å². The zero-order valence-electron chi connectivity index (χ0n) is 15.9. The molecule has 1 saturated carbocycles. The van der Waals surface area contributed by atoms with Crippen molar-refractivity contribution in [1.29, 1.82) is 0 Å². The monoisotopic (exact) mass is 357 g/mol. The van der Waals surface area contributed by atoms with Crippen molar-refractivity contribution >= 4 is 0 Å². The average molecular weight is 357 g/mol. The number of rotatable bonds is 9. The van der Waals surface area contributed by atoms with E-state index in [1.165, 1.54) is 18.4 Å². The van der Waals surface area contributed by atoms with Gasteiger partial charge in [-0.25, -0.2) is 0 Å². The predicted octanol–water partition coefficient (Wildman–Crippen LogP) is 3.96. The molecule has 1 aliphatic rings. The van der Waals surface area contributed by atoms with Gasteiger partial charge in [-0.15, -0.1) is 0 Å². The van der Waals surface area contributed by atoms with Crippen molar-refractivity contribution in [3.05, 3.63) is 47.5 Å². The van der Waals surface area contributed by atoms with Gasteiger partial charge in [0, 0.05) is 18.2 Å². The molecular formula is C21H27NO4. The van der Waals surface area contributed by atoms with Crippen LogP contribution in [0.4, 0.5) is 0 Å². The Hall–Kier alpha value is -2.40. The van der Waals surface area contributed by atoms with Gasteiger partial charge < -0.3 is 24.3 Å². The molecule has 0 amide bonds. The molecule has 0 aromatic heterocycles. The van der Waals surface area contributed by atoms with Crippen molar-refractivity contribution in [3.8, 4) is 23.0 Å². The summed E-state index contributed by atoms with van der Waals surface area (Å²) in [6.45, 7) is 0.691. The minimum Gasteiger partial charge on any atom is -0.497 e. The molecule has 1 atom stereocenters. The van der Waals surface area contributed by atoms with Gasteiger partial charge in [0.1, 0.15) is 5.75 Å². The van der Waals surface area contributed by atoms with Crippen molar-refractivity contribution < 1.29 is 18.9 Å². The molecule has 140 valence electrons. The van der Waals surface area contributed by atoms with Crippen LogP contribution in [0.1, 0.15) is 30.0 Å². The van der Waals surface area contributed by atoms with Gasteiger partial charge in [0.2, 0.25) is 5.75 Å². The summed E-state index contributed by atoms with van der Waals surface area (Å²) in [6, 6.07) is 12.6. The van der Waals surface area contributed by atoms with Crippen LogP contribution in [0.25, 0.3) is 0 Å². The summed E-state index contributed by atoms with van der Waals surface area (Å²) in [5, 5.41) is 3.70. The first-order valence-electron chi connectivity index (χ1n) is 8.87. The normalized spacial score (nSPS) is 14.6. The molecule has 1 unspecified atom stereocenters. The Bertz CT molecular complexity index is 726. The molecule has 5 heteroatoms. The SMILES string of the molecule is COc1ccc(C(NCc2ccc(OC)c(OC)c2OC)C2CC2)cc1. The molecule has 2 aromatic carbocycles. The van der Waals surface area contributed by atoms with E-state index in [-0.39, 0.29) is 0 Å². The summed E-state index contributed by atoms with van der Waals surface area (Å²) >= 11 is 0. The molecule has 2 aromatic rings. The maximum atomic E-state index is 5.59. The summed E-state index contributed by atoms with van der Waals surface area (Å²) in [6.07, 6.45) is 2.51. The van der Waals surface area contributed by atoms with E-state index in [0.717, 1.165) is 11.3 Å². The first-order valence-corrected chi connectivity index (χ1v) is 8.87. The highest BCUT2D eigenvalue weighted by molar-refractivity contribution is 5.55. The third-order valence-electron chi connectivity index (χ3n) is 4.87. The number of nitrogens with one attached hydrogen (secondary N) is 1. The second kappa shape index (κ2) is 8.32. The first kappa shape index (κ1) is 18.4. The van der Waals surface area contributed by atoms with Gasteiger partial charge in [-0.3, -0.25) is 0 Å². The highest BCUT2D eigenvalue weighted by Gasteiger charge is 2.32. The summed E-state index contributed by atoms with van der Waals surface area (Å²) < 4.78 is 21.7. The van der Waals surface area contributed by atoms with Gasteiger partial charge >= 0.3 is 0 Å². The lowest BCUT2D eigenvalue weighted by Gasteiger charge is -2.21. The Morgan fingerprint density at radius 3 is 2.08 bits per heavy atom. The third-order valence-corrected chi connectivity index (χ3v) is 4.87. The predicted molar refractivity (Wildman–Crippen MR) is 101 cm³/mol. The summed E-state index contributed by atoms with van der Waals surface area (Å²) in [7, 11) is 6.60. The summed E-state index contributed by atoms with van der Waals surface area (Å²) in [5.41, 5.74) is 2.33. The lowest BCUT2D eigenvalue weighted by atomic mass is 10.0. The molecule has 1 fully saturated rings. The highest BCUT2D eigenvalue weighted by atomic mass is 16.5. The fourth-order valence-electron chi connectivity index (χ4n) is 3.32. The van der Waals surface area contributed by atoms with Gasteiger partial charge in [0.25, 0.3) is 0 Å². The zero-order valence-corrected chi connectivity index (χ0v) is 15.9. The fourth-order valence-corrected chi connectivity index (χ4v) is 3.32. The quantitative estimate of drug-likeness (QED) is 0.736. The van der Waals surface area contributed by atoms with Crippen LogP contribution in [-0.2, 0) is 6.54 Å². The number of benzene rings is 2. The zero-order chi connectivity index (χ0) is 18.5. The highest BCUT2D eigenvalue weighted by Crippen LogP contribution is 2.43. The van der Waals surface area contributed by atoms with Crippen molar-refractivity contribution in [1.82, 2.24) is 5.32 Å². The Balaban J connectivity index is 1.79. The third kappa shape index (κ3) is 3.88. The molecule has 5 nitrogen and oxygen atoms in total. The number of hydrogen-bond donors (Lipinski definition) is 1. The van der Waals surface area contributed by atoms with E-state index in [9.17, 15) is 0 Å². The van der Waals surface area contributed by atoms with E-state index in [2.05, 4.69) is 17.4 Å². The Labute approximate surface area is 155 Å². The number of methoxy groups -OCH3 is 4. The Morgan fingerprint density at radius 2 is 1.54 bits per heavy atom. The van der Waals surface area contributed by atoms with Crippen molar-refractivity contribution in [2.24, 2.45) is 5.92 Å². The molecular weight excluding hydrogens is 330 g/mol. The average Bonchev–Trinajstić information content (AvgIpc) is 3.53. The van der Waals surface area contributed by atoms with Crippen LogP contribution in [0.2, 0.25) is 0 Å². The van der Waals surface area contributed by atoms with E-state index in [4.69, 9.17) is 18.9 Å². The van der Waals surface area contributed by atoms with E-state index < -0.39 is 0 Å². The van der Waals surface area contributed by atoms with Crippen LogP contribution in [-0.4, -0.2) is 28.4 Å². The van der Waals surface area contributed by atoms with E-state index in [0.29, 0.717) is 35.8 Å². The van der Waals surface area contributed by atoms with Crippen LogP contribution < -0.4 is 24.3 Å². The molecule has 0 bridgehead atoms. The van der Waals surface area contributed by atoms with E-state index in [1.807, 2.05) is 24.3 Å². The Morgan fingerprint density at radius 1 is 0.846 bits per heavy atom. The van der Waals surface area contributed by atoms with Crippen LogP contribution >= 0.6 is 0 Å². The molecule has 0 spiro atoms. The topological polar surface area (TPSA) is 49.0 Å². The second-order valence-electron chi connectivity index (χ2n) is 6.46. The van der Waals surface area contributed by atoms with Crippen molar-refractivity contribution in [3.63, 3.8) is 0 Å². The van der Waals surface area contributed by atoms with Crippen LogP contribution in [0.5, 0.6) is 23.0 Å². The standard InChI is InChI=1S/C21H27NO4/c1-23-17-10-7-15(8-11-17)19(14-5-6-14)22-13-16-9-12-18(24-2)21(26-4)20(16)25-3/h7-12,14,19,22H,5-6,13H2,1-4H3. The van der Waals surface area contributed by atoms with Crippen molar-refractivity contribution in [2.45, 2.75) is 25.4 Å². The maximum absolute atomic E-state index is 5.59. The molecule has 1 N–H and O–H groups in total. The van der Waals surface area contributed by atoms with Gasteiger partial charge in [0.05, 0.1) is 28.4 Å². The summed E-state index contributed by atoms with van der Waals surface area (Å²) in [5.74, 6) is 3.56. The molecule has 0 aliphatic heterocycles. The minimum atomic E-state index is 0.318. The molecule has 3 rings (SSSR count). The largest absolute Gasteiger partial charge is 0.497 e. The maximum Gasteiger partial charge on any atom is 0.203 e. The number of ether oxygens (including phenoxy) is 4. The molecule has 1 aliphatic carbocycles. The second-order valence-corrected chi connectivity index (χ2v) is 6.46. The Kier molecular flexibility index (Phi) is 5.89. The number of hydrogen-bond acceptors (Lipinski definition) is 5. The first-order chi connectivity index (χ1) is 12.7. The smallest absolute Gasteiger partial charge is 0.203 e. The van der Waals surface area contributed by atoms with Gasteiger partial charge in [0.15, 0.2) is 11.5 Å². The molecule has 0 heterocycles. The van der Waals surface area contributed by atoms with E-state index in [1.54, 1.807) is 28.4 Å². The lowest BCUT2D eigenvalue weighted by Crippen LogP contribution is -2.23. The minimum absolute atomic E-state index is 0.318. The lowest BCUT2D eigenvalue weighted by molar-refractivity contribution is 0.320. The van der Waals surface area contributed by atoms with E-state index >= 15 is 0 Å². The molecule has 0 saturated heterocycles. The van der Waals surface area contributed by atoms with Crippen LogP contribution in [0.3, 0.4) is 0 Å². The van der Waals surface area contributed by atoms with Crippen LogP contribution in [0.15, 0.2) is 36.4 Å². The molecule has 26 heavy (non-hydrogen) atoms. The molecule has 0 radical (unpaired) electrons.